The van der Waals surface area contributed by atoms with Crippen LogP contribution in [0, 0.1) is 11.7 Å². The van der Waals surface area contributed by atoms with Gasteiger partial charge >= 0.3 is 0 Å². The first kappa shape index (κ1) is 19.0. The van der Waals surface area contributed by atoms with Gasteiger partial charge in [0, 0.05) is 40.0 Å². The van der Waals surface area contributed by atoms with Gasteiger partial charge in [-0.05, 0) is 42.0 Å². The molecule has 30 heavy (non-hydrogen) atoms. The van der Waals surface area contributed by atoms with Crippen LogP contribution in [0.25, 0.3) is 11.1 Å². The predicted octanol–water partition coefficient (Wildman–Crippen LogP) is 4.88. The third-order valence-corrected chi connectivity index (χ3v) is 6.31. The molecule has 1 saturated carbocycles. The van der Waals surface area contributed by atoms with E-state index in [2.05, 4.69) is 5.32 Å². The van der Waals surface area contributed by atoms with Crippen molar-refractivity contribution in [3.8, 4) is 16.9 Å². The highest BCUT2D eigenvalue weighted by atomic mass is 32.1. The van der Waals surface area contributed by atoms with Crippen LogP contribution in [-0.2, 0) is 6.42 Å². The lowest BCUT2D eigenvalue weighted by Gasteiger charge is -2.13. The van der Waals surface area contributed by atoms with Gasteiger partial charge in [-0.2, -0.15) is 11.3 Å². The maximum Gasteiger partial charge on any atom is 0.252 e. The summed E-state index contributed by atoms with van der Waals surface area (Å²) in [5.74, 6) is 0.433. The molecule has 2 heterocycles. The van der Waals surface area contributed by atoms with Crippen molar-refractivity contribution in [3.63, 3.8) is 0 Å². The quantitative estimate of drug-likeness (QED) is 0.577. The molecule has 0 radical (unpaired) electrons. The Morgan fingerprint density at radius 1 is 1.07 bits per heavy atom. The van der Waals surface area contributed by atoms with Crippen LogP contribution in [0.3, 0.4) is 0 Å². The molecule has 2 aliphatic rings. The van der Waals surface area contributed by atoms with Crippen molar-refractivity contribution in [2.75, 3.05) is 6.54 Å². The van der Waals surface area contributed by atoms with Crippen molar-refractivity contribution < 1.29 is 18.7 Å². The zero-order valence-corrected chi connectivity index (χ0v) is 17.0. The first-order chi connectivity index (χ1) is 14.6. The van der Waals surface area contributed by atoms with E-state index in [1.807, 2.05) is 29.6 Å². The van der Waals surface area contributed by atoms with Crippen LogP contribution in [0.1, 0.15) is 39.1 Å². The van der Waals surface area contributed by atoms with E-state index < -0.39 is 0 Å². The van der Waals surface area contributed by atoms with Gasteiger partial charge in [-0.3, -0.25) is 9.59 Å². The van der Waals surface area contributed by atoms with Gasteiger partial charge in [-0.1, -0.05) is 24.3 Å². The summed E-state index contributed by atoms with van der Waals surface area (Å²) in [5.41, 5.74) is 3.53. The fourth-order valence-corrected chi connectivity index (χ4v) is 4.44. The normalized spacial score (nSPS) is 17.3. The number of halogens is 1. The van der Waals surface area contributed by atoms with Crippen LogP contribution in [0.15, 0.2) is 53.2 Å². The Balaban J connectivity index is 1.33. The van der Waals surface area contributed by atoms with Crippen molar-refractivity contribution in [2.24, 2.45) is 5.92 Å². The largest absolute Gasteiger partial charge is 0.487 e. The second-order valence-corrected chi connectivity index (χ2v) is 8.56. The topological polar surface area (TPSA) is 55.4 Å². The standard InChI is InChI=1S/C24H20FNO3S/c25-21-8-7-19(14-1-3-15(4-2-14)22(27)16-5-6-16)23-20(21)11-18(29-23)12-26-24(28)17-9-10-30-13-17/h1-4,7-10,13,16,18H,5-6,11-12H2,(H,26,28). The third-order valence-electron chi connectivity index (χ3n) is 5.62. The van der Waals surface area contributed by atoms with Gasteiger partial charge in [0.2, 0.25) is 0 Å². The predicted molar refractivity (Wildman–Crippen MR) is 114 cm³/mol. The second-order valence-electron chi connectivity index (χ2n) is 7.78. The van der Waals surface area contributed by atoms with Crippen molar-refractivity contribution >= 4 is 23.0 Å². The summed E-state index contributed by atoms with van der Waals surface area (Å²) < 4.78 is 20.5. The summed E-state index contributed by atoms with van der Waals surface area (Å²) in [6, 6.07) is 12.4. The number of carbonyl (C=O) groups is 2. The molecule has 1 aliphatic heterocycles. The number of benzene rings is 2. The maximum atomic E-state index is 14.4. The van der Waals surface area contributed by atoms with Gasteiger partial charge < -0.3 is 10.1 Å². The number of hydrogen-bond acceptors (Lipinski definition) is 4. The lowest BCUT2D eigenvalue weighted by atomic mass is 9.98. The molecule has 1 atom stereocenters. The smallest absolute Gasteiger partial charge is 0.252 e. The monoisotopic (exact) mass is 421 g/mol. The zero-order valence-electron chi connectivity index (χ0n) is 16.2. The van der Waals surface area contributed by atoms with E-state index in [9.17, 15) is 14.0 Å². The fourth-order valence-electron chi connectivity index (χ4n) is 3.80. The summed E-state index contributed by atoms with van der Waals surface area (Å²) in [5, 5.41) is 6.50. The Hall–Kier alpha value is -2.99. The molecule has 1 aromatic heterocycles. The van der Waals surface area contributed by atoms with Gasteiger partial charge in [0.25, 0.3) is 5.91 Å². The number of Topliss-reactive ketones (excluding diaryl/α,β-unsaturated/α-hetero) is 1. The van der Waals surface area contributed by atoms with E-state index in [0.29, 0.717) is 29.8 Å². The fraction of sp³-hybridized carbons (Fsp3) is 0.250. The first-order valence-electron chi connectivity index (χ1n) is 10.0. The van der Waals surface area contributed by atoms with E-state index in [-0.39, 0.29) is 29.5 Å². The van der Waals surface area contributed by atoms with Crippen molar-refractivity contribution in [1.29, 1.82) is 0 Å². The van der Waals surface area contributed by atoms with Gasteiger partial charge in [0.05, 0.1) is 6.54 Å². The molecule has 4 nitrogen and oxygen atoms in total. The van der Waals surface area contributed by atoms with E-state index in [4.69, 9.17) is 4.74 Å². The van der Waals surface area contributed by atoms with Crippen LogP contribution < -0.4 is 10.1 Å². The van der Waals surface area contributed by atoms with Gasteiger partial charge in [0.15, 0.2) is 5.78 Å². The Morgan fingerprint density at radius 3 is 2.57 bits per heavy atom. The molecule has 2 aromatic carbocycles. The summed E-state index contributed by atoms with van der Waals surface area (Å²) in [7, 11) is 0. The minimum absolute atomic E-state index is 0.160. The lowest BCUT2D eigenvalue weighted by Crippen LogP contribution is -2.34. The summed E-state index contributed by atoms with van der Waals surface area (Å²) in [6.45, 7) is 0.303. The molecule has 1 N–H and O–H groups in total. The van der Waals surface area contributed by atoms with Crippen LogP contribution in [-0.4, -0.2) is 24.3 Å². The van der Waals surface area contributed by atoms with E-state index in [0.717, 1.165) is 29.5 Å². The highest BCUT2D eigenvalue weighted by Crippen LogP contribution is 2.40. The Morgan fingerprint density at radius 2 is 1.87 bits per heavy atom. The molecule has 1 amide bonds. The minimum Gasteiger partial charge on any atom is -0.487 e. The van der Waals surface area contributed by atoms with Crippen molar-refractivity contribution in [2.45, 2.75) is 25.4 Å². The third kappa shape index (κ3) is 3.63. The number of carbonyl (C=O) groups excluding carboxylic acids is 2. The SMILES string of the molecule is O=C(NCC1Cc2c(F)ccc(-c3ccc(C(=O)C4CC4)cc3)c2O1)c1ccsc1. The second kappa shape index (κ2) is 7.69. The number of ether oxygens (including phenoxy) is 1. The van der Waals surface area contributed by atoms with E-state index in [1.165, 1.54) is 17.4 Å². The lowest BCUT2D eigenvalue weighted by molar-refractivity contribution is 0.0932. The van der Waals surface area contributed by atoms with Gasteiger partial charge in [-0.25, -0.2) is 4.39 Å². The van der Waals surface area contributed by atoms with Crippen LogP contribution in [0.2, 0.25) is 0 Å². The van der Waals surface area contributed by atoms with E-state index >= 15 is 0 Å². The minimum atomic E-state index is -0.325. The average Bonchev–Trinajstić information content (AvgIpc) is 3.28. The number of hydrogen-bond donors (Lipinski definition) is 1. The Labute approximate surface area is 177 Å². The molecule has 0 bridgehead atoms. The Bertz CT molecular complexity index is 1100. The highest BCUT2D eigenvalue weighted by molar-refractivity contribution is 7.08. The molecular weight excluding hydrogens is 401 g/mol. The molecule has 1 unspecified atom stereocenters. The molecule has 0 saturated heterocycles. The summed E-state index contributed by atoms with van der Waals surface area (Å²) >= 11 is 1.46. The molecule has 152 valence electrons. The van der Waals surface area contributed by atoms with Crippen LogP contribution >= 0.6 is 11.3 Å². The first-order valence-corrected chi connectivity index (χ1v) is 11.0. The summed E-state index contributed by atoms with van der Waals surface area (Å²) in [4.78, 5) is 24.4. The van der Waals surface area contributed by atoms with Gasteiger partial charge in [0.1, 0.15) is 17.7 Å². The number of thiophene rings is 1. The number of nitrogens with one attached hydrogen (secondary N) is 1. The zero-order chi connectivity index (χ0) is 20.7. The summed E-state index contributed by atoms with van der Waals surface area (Å²) in [6.07, 6.45) is 2.03. The van der Waals surface area contributed by atoms with Crippen molar-refractivity contribution in [3.05, 3.63) is 75.7 Å². The molecule has 5 rings (SSSR count). The Kier molecular flexibility index (Phi) is 4.87. The molecule has 1 fully saturated rings. The number of rotatable bonds is 6. The van der Waals surface area contributed by atoms with Crippen molar-refractivity contribution in [1.82, 2.24) is 5.32 Å². The van der Waals surface area contributed by atoms with E-state index in [1.54, 1.807) is 17.5 Å². The van der Waals surface area contributed by atoms with Gasteiger partial charge in [-0.15, -0.1) is 0 Å². The number of ketones is 1. The van der Waals surface area contributed by atoms with Crippen LogP contribution in [0.4, 0.5) is 4.39 Å². The average molecular weight is 421 g/mol. The molecular formula is C24H20FNO3S. The number of fused-ring (bicyclic) bond motifs is 1. The molecule has 0 spiro atoms. The molecule has 3 aromatic rings. The highest BCUT2D eigenvalue weighted by Gasteiger charge is 2.31. The van der Waals surface area contributed by atoms with Crippen LogP contribution in [0.5, 0.6) is 5.75 Å². The molecule has 1 aliphatic carbocycles. The number of amides is 1. The molecule has 6 heteroatoms. The maximum absolute atomic E-state index is 14.4.